The normalized spacial score (nSPS) is 31.2. The number of aliphatic carboxylic acids is 1. The van der Waals surface area contributed by atoms with Crippen LogP contribution < -0.4 is 10.0 Å². The van der Waals surface area contributed by atoms with Gasteiger partial charge in [0.25, 0.3) is 15.9 Å². The fourth-order valence-electron chi connectivity index (χ4n) is 8.73. The van der Waals surface area contributed by atoms with E-state index in [0.29, 0.717) is 23.4 Å². The quantitative estimate of drug-likeness (QED) is 0.267. The third-order valence-corrected chi connectivity index (χ3v) is 13.2. The Bertz CT molecular complexity index is 1780. The molecule has 4 unspecified atom stereocenters. The van der Waals surface area contributed by atoms with Crippen molar-refractivity contribution in [3.63, 3.8) is 0 Å². The van der Waals surface area contributed by atoms with Crippen LogP contribution in [0.4, 0.5) is 5.69 Å². The Hall–Kier alpha value is -3.78. The molecule has 2 amide bonds. The molecule has 6 aliphatic heterocycles. The monoisotopic (exact) mass is 651 g/mol. The van der Waals surface area contributed by atoms with Crippen molar-refractivity contribution < 1.29 is 42.0 Å². The number of nitrogens with two attached hydrogens (primary N) is 1. The summed E-state index contributed by atoms with van der Waals surface area (Å²) >= 11 is 0. The number of benzene rings is 2. The number of β-lactam (4-membered cyclic amide) rings is 1. The number of carbonyl (C=O) groups excluding carboxylic acids is 2. The Labute approximate surface area is 268 Å². The van der Waals surface area contributed by atoms with E-state index in [9.17, 15) is 33.0 Å². The number of carboxylic acids is 1. The zero-order valence-corrected chi connectivity index (χ0v) is 26.9. The van der Waals surface area contributed by atoms with Crippen LogP contribution in [0.1, 0.15) is 19.4 Å². The molecule has 0 spiro atoms. The fraction of sp³-hybridized carbons (Fsp3) is 0.485. The molecule has 0 aliphatic carbocycles. The molecule has 2 aromatic carbocycles. The van der Waals surface area contributed by atoms with E-state index in [0.717, 1.165) is 72.3 Å². The number of amides is 2. The molecule has 244 valence electrons. The molecular formula is C33H41N5O7S+2. The second-order valence-corrected chi connectivity index (χ2v) is 15.7. The van der Waals surface area contributed by atoms with Gasteiger partial charge in [-0.1, -0.05) is 31.2 Å². The van der Waals surface area contributed by atoms with E-state index >= 15 is 0 Å². The first kappa shape index (κ1) is 30.9. The molecule has 8 rings (SSSR count). The van der Waals surface area contributed by atoms with Gasteiger partial charge in [-0.3, -0.25) is 13.9 Å². The molecule has 0 radical (unpaired) electrons. The van der Waals surface area contributed by atoms with Gasteiger partial charge >= 0.3 is 5.97 Å². The lowest BCUT2D eigenvalue weighted by molar-refractivity contribution is -1.08. The number of carbonyl (C=O) groups is 3. The first-order chi connectivity index (χ1) is 21.8. The molecule has 6 aliphatic rings. The van der Waals surface area contributed by atoms with Crippen LogP contribution >= 0.6 is 0 Å². The summed E-state index contributed by atoms with van der Waals surface area (Å²) in [6.07, 6.45) is -0.160. The highest BCUT2D eigenvalue weighted by atomic mass is 32.2. The summed E-state index contributed by atoms with van der Waals surface area (Å²) in [4.78, 5) is 38.3. The minimum atomic E-state index is -4.08. The van der Waals surface area contributed by atoms with E-state index in [1.807, 2.05) is 24.3 Å². The van der Waals surface area contributed by atoms with Gasteiger partial charge in [0, 0.05) is 23.5 Å². The molecular weight excluding hydrogens is 610 g/mol. The third kappa shape index (κ3) is 4.58. The van der Waals surface area contributed by atoms with Crippen LogP contribution in [0.15, 0.2) is 58.6 Å². The number of anilines is 1. The summed E-state index contributed by atoms with van der Waals surface area (Å²) < 4.78 is 31.6. The number of para-hydroxylation sites is 1. The van der Waals surface area contributed by atoms with E-state index in [2.05, 4.69) is 0 Å². The SMILES string of the molecule is CC(O)C1C(=O)N2C(C(=O)O)=C(CN3c4ccccc4-c4cc(CC[N+]56CC[N+](CC(N)=O)(CC5)CC6)ccc4S3(=O)=O)C(C)C12. The standard InChI is InChI=1S/C33H39N5O7S/c1-20-25(31(33(42)43)36-30(20)29(21(2)39)32(36)41)18-35-26-6-4-3-5-23(26)24-17-22(7-8-27(24)46(35,44)45)9-10-37-11-14-38(15-12-37,16-13-37)19-28(34)40/h3-8,17,20-21,29-30,39H,9-16,18-19H2,1-2H3,(H-2,34,40,42,43)/p+2. The Morgan fingerprint density at radius 2 is 1.67 bits per heavy atom. The Balaban J connectivity index is 1.17. The molecule has 2 aromatic rings. The van der Waals surface area contributed by atoms with Gasteiger partial charge in [0.15, 0.2) is 6.54 Å². The number of nitrogens with zero attached hydrogens (tertiary/aromatic N) is 4. The lowest BCUT2D eigenvalue weighted by atomic mass is 9.77. The van der Waals surface area contributed by atoms with E-state index < -0.39 is 45.9 Å². The summed E-state index contributed by atoms with van der Waals surface area (Å²) in [6.45, 7) is 10.3. The number of rotatable bonds is 9. The Kier molecular flexibility index (Phi) is 7.13. The summed E-state index contributed by atoms with van der Waals surface area (Å²) in [7, 11) is -4.08. The molecule has 4 N–H and O–H groups in total. The highest BCUT2D eigenvalue weighted by molar-refractivity contribution is 7.93. The maximum Gasteiger partial charge on any atom is 0.352 e. The van der Waals surface area contributed by atoms with Gasteiger partial charge in [-0.05, 0) is 36.3 Å². The highest BCUT2D eigenvalue weighted by Crippen LogP contribution is 2.49. The minimum Gasteiger partial charge on any atom is -0.477 e. The van der Waals surface area contributed by atoms with Crippen LogP contribution in [0.2, 0.25) is 0 Å². The summed E-state index contributed by atoms with van der Waals surface area (Å²) in [6, 6.07) is 12.2. The van der Waals surface area contributed by atoms with Crippen LogP contribution in [0, 0.1) is 11.8 Å². The smallest absolute Gasteiger partial charge is 0.352 e. The maximum atomic E-state index is 14.3. The summed E-state index contributed by atoms with van der Waals surface area (Å²) in [5.74, 6) is -3.18. The van der Waals surface area contributed by atoms with Crippen molar-refractivity contribution in [3.8, 4) is 11.1 Å². The molecule has 4 fully saturated rings. The zero-order valence-electron chi connectivity index (χ0n) is 26.1. The zero-order chi connectivity index (χ0) is 32.8. The molecule has 13 heteroatoms. The molecule has 4 atom stereocenters. The third-order valence-electron chi connectivity index (χ3n) is 11.4. The molecule has 0 aromatic heterocycles. The average Bonchev–Trinajstić information content (AvgIpc) is 3.26. The number of hydrogen-bond donors (Lipinski definition) is 3. The number of carboxylic acid groups (broad SMARTS) is 1. The largest absolute Gasteiger partial charge is 0.477 e. The number of aliphatic hydroxyl groups excluding tert-OH is 1. The van der Waals surface area contributed by atoms with Crippen LogP contribution in [-0.2, 0) is 30.8 Å². The first-order valence-corrected chi connectivity index (χ1v) is 17.4. The van der Waals surface area contributed by atoms with Crippen molar-refractivity contribution >= 4 is 33.5 Å². The van der Waals surface area contributed by atoms with Gasteiger partial charge in [0.05, 0.1) is 41.7 Å². The van der Waals surface area contributed by atoms with Gasteiger partial charge in [-0.2, -0.15) is 0 Å². The molecule has 2 bridgehead atoms. The van der Waals surface area contributed by atoms with E-state index in [1.54, 1.807) is 25.1 Å². The van der Waals surface area contributed by atoms with Crippen LogP contribution in [0.5, 0.6) is 0 Å². The highest BCUT2D eigenvalue weighted by Gasteiger charge is 2.60. The van der Waals surface area contributed by atoms with Crippen molar-refractivity contribution in [2.24, 2.45) is 17.6 Å². The summed E-state index contributed by atoms with van der Waals surface area (Å²) in [5.41, 5.74) is 8.56. The average molecular weight is 652 g/mol. The lowest BCUT2D eigenvalue weighted by Gasteiger charge is -2.55. The number of piperazine rings is 3. The number of primary amides is 1. The second-order valence-electron chi connectivity index (χ2n) is 13.9. The van der Waals surface area contributed by atoms with Crippen molar-refractivity contribution in [3.05, 3.63) is 59.3 Å². The van der Waals surface area contributed by atoms with Gasteiger partial charge in [0.1, 0.15) is 45.0 Å². The van der Waals surface area contributed by atoms with Crippen molar-refractivity contribution in [1.82, 2.24) is 4.90 Å². The van der Waals surface area contributed by atoms with Gasteiger partial charge in [-0.15, -0.1) is 0 Å². The Morgan fingerprint density at radius 3 is 2.30 bits per heavy atom. The first-order valence-electron chi connectivity index (χ1n) is 16.0. The van der Waals surface area contributed by atoms with Crippen LogP contribution in [0.25, 0.3) is 11.1 Å². The van der Waals surface area contributed by atoms with Gasteiger partial charge < -0.3 is 29.8 Å². The fourth-order valence-corrected chi connectivity index (χ4v) is 10.4. The lowest BCUT2D eigenvalue weighted by Crippen LogP contribution is -2.76. The second kappa shape index (κ2) is 10.6. The van der Waals surface area contributed by atoms with E-state index in [-0.39, 0.29) is 23.0 Å². The van der Waals surface area contributed by atoms with Gasteiger partial charge in [-0.25, -0.2) is 13.2 Å². The molecule has 4 saturated heterocycles. The number of fused-ring (bicyclic) bond motifs is 7. The number of quaternary nitrogens is 2. The van der Waals surface area contributed by atoms with Crippen molar-refractivity contribution in [1.29, 1.82) is 0 Å². The minimum absolute atomic E-state index is 0.163. The molecule has 6 heterocycles. The molecule has 46 heavy (non-hydrogen) atoms. The maximum absolute atomic E-state index is 14.3. The molecule has 12 nitrogen and oxygen atoms in total. The van der Waals surface area contributed by atoms with Crippen molar-refractivity contribution in [2.45, 2.75) is 37.3 Å². The predicted molar refractivity (Wildman–Crippen MR) is 168 cm³/mol. The summed E-state index contributed by atoms with van der Waals surface area (Å²) in [5, 5.41) is 20.4. The number of aliphatic hydroxyl groups is 1. The van der Waals surface area contributed by atoms with E-state index in [4.69, 9.17) is 5.73 Å². The van der Waals surface area contributed by atoms with Crippen molar-refractivity contribution in [2.75, 3.05) is 63.2 Å². The van der Waals surface area contributed by atoms with Crippen LogP contribution in [-0.4, -0.2) is 121 Å². The van der Waals surface area contributed by atoms with Gasteiger partial charge in [0.2, 0.25) is 5.91 Å². The predicted octanol–water partition coefficient (Wildman–Crippen LogP) is 0.747. The number of sulfonamides is 1. The van der Waals surface area contributed by atoms with Crippen LogP contribution in [0.3, 0.4) is 0 Å². The molecule has 0 saturated carbocycles. The van der Waals surface area contributed by atoms with E-state index in [1.165, 1.54) is 16.1 Å². The number of hydrogen-bond acceptors (Lipinski definition) is 6. The Morgan fingerprint density at radius 1 is 1.02 bits per heavy atom. The topological polar surface area (TPSA) is 158 Å².